The molecule has 0 saturated heterocycles. The lowest BCUT2D eigenvalue weighted by Crippen LogP contribution is -2.14. The molecule has 0 aliphatic heterocycles. The van der Waals surface area contributed by atoms with E-state index in [1.54, 1.807) is 7.11 Å². The van der Waals surface area contributed by atoms with Gasteiger partial charge in [0.1, 0.15) is 5.75 Å². The lowest BCUT2D eigenvalue weighted by molar-refractivity contribution is 0.399. The first kappa shape index (κ1) is 20.8. The lowest BCUT2D eigenvalue weighted by atomic mass is 10.1. The second kappa shape index (κ2) is 9.55. The number of rotatable bonds is 8. The van der Waals surface area contributed by atoms with Crippen molar-refractivity contribution in [3.8, 4) is 5.75 Å². The van der Waals surface area contributed by atoms with E-state index in [1.165, 1.54) is 0 Å². The highest BCUT2D eigenvalue weighted by Crippen LogP contribution is 2.29. The fraction of sp³-hybridized carbons (Fsp3) is 0.318. The van der Waals surface area contributed by atoms with E-state index in [9.17, 15) is 0 Å². The van der Waals surface area contributed by atoms with E-state index < -0.39 is 0 Å². The Hall–Kier alpha value is -2.88. The number of methoxy groups -OCH3 is 1. The van der Waals surface area contributed by atoms with Crippen molar-refractivity contribution in [1.29, 1.82) is 0 Å². The van der Waals surface area contributed by atoms with Crippen LogP contribution in [0.15, 0.2) is 36.4 Å². The van der Waals surface area contributed by atoms with Crippen LogP contribution in [-0.4, -0.2) is 42.8 Å². The summed E-state index contributed by atoms with van der Waals surface area (Å²) in [6.07, 6.45) is 1.84. The molecule has 0 bridgehead atoms. The molecule has 0 amide bonds. The highest BCUT2D eigenvalue weighted by atomic mass is 35.5. The van der Waals surface area contributed by atoms with Crippen LogP contribution in [-0.2, 0) is 13.0 Å². The Balaban J connectivity index is 1.87. The Kier molecular flexibility index (Phi) is 6.86. The van der Waals surface area contributed by atoms with Crippen LogP contribution in [0.25, 0.3) is 15.6 Å². The molecule has 29 heavy (non-hydrogen) atoms. The quantitative estimate of drug-likeness (QED) is 0.533. The molecule has 0 atom stereocenters. The van der Waals surface area contributed by atoms with E-state index in [0.717, 1.165) is 41.4 Å². The molecule has 0 unspecified atom stereocenters. The molecule has 2 aromatic carbocycles. The molecule has 0 aliphatic carbocycles. The molecule has 0 radical (unpaired) electrons. The fourth-order valence-electron chi connectivity index (χ4n) is 3.15. The van der Waals surface area contributed by atoms with E-state index in [2.05, 4.69) is 39.4 Å². The zero-order chi connectivity index (χ0) is 20.8. The second-order valence-electron chi connectivity index (χ2n) is 7.07. The Labute approximate surface area is 176 Å². The lowest BCUT2D eigenvalue weighted by Gasteiger charge is -2.13. The van der Waals surface area contributed by atoms with Gasteiger partial charge >= 0.3 is 0 Å². The number of nitrogens with one attached hydrogen (secondary N) is 1. The average molecular weight is 410 g/mol. The summed E-state index contributed by atoms with van der Waals surface area (Å²) in [5.74, 6) is 1.30. The molecule has 0 spiro atoms. The number of anilines is 1. The maximum atomic E-state index is 7.34. The summed E-state index contributed by atoms with van der Waals surface area (Å²) in [7, 11) is 5.71. The van der Waals surface area contributed by atoms with Crippen molar-refractivity contribution in [3.05, 3.63) is 64.1 Å². The predicted octanol–water partition coefficient (Wildman–Crippen LogP) is 4.95. The zero-order valence-electron chi connectivity index (χ0n) is 16.9. The maximum Gasteiger partial charge on any atom is 0.188 e. The number of hydrogen-bond donors (Lipinski definition) is 1. The van der Waals surface area contributed by atoms with Gasteiger partial charge in [-0.25, -0.2) is 4.85 Å². The molecule has 1 heterocycles. The maximum absolute atomic E-state index is 7.34. The topological polar surface area (TPSA) is 54.6 Å². The third kappa shape index (κ3) is 5.14. The predicted molar refractivity (Wildman–Crippen MR) is 118 cm³/mol. The van der Waals surface area contributed by atoms with E-state index in [0.29, 0.717) is 28.8 Å². The van der Waals surface area contributed by atoms with Gasteiger partial charge in [-0.3, -0.25) is 0 Å². The first-order chi connectivity index (χ1) is 14.0. The van der Waals surface area contributed by atoms with E-state index in [1.807, 2.05) is 36.4 Å². The van der Waals surface area contributed by atoms with Crippen molar-refractivity contribution >= 4 is 33.9 Å². The molecular weight excluding hydrogens is 386 g/mol. The Bertz CT molecular complexity index is 1050. The first-order valence-electron chi connectivity index (χ1n) is 9.39. The van der Waals surface area contributed by atoms with Crippen LogP contribution in [0.1, 0.15) is 17.7 Å². The molecule has 0 aliphatic rings. The van der Waals surface area contributed by atoms with Crippen LogP contribution in [0.4, 0.5) is 11.5 Å². The van der Waals surface area contributed by atoms with Gasteiger partial charge in [0.15, 0.2) is 11.5 Å². The van der Waals surface area contributed by atoms with Gasteiger partial charge in [-0.05, 0) is 57.2 Å². The molecule has 0 saturated carbocycles. The standard InChI is InChI=1S/C22H24ClN5O/c1-24-16-8-9-17-18(13-16)22(27-26-20(17)6-5-11-28(2)3)25-14-15-7-10-21(29-4)19(23)12-15/h7-10,12-13H,5-6,11,14H2,2-4H3,(H,25,27). The van der Waals surface area contributed by atoms with Gasteiger partial charge in [-0.2, -0.15) is 5.10 Å². The number of fused-ring (bicyclic) bond motifs is 1. The van der Waals surface area contributed by atoms with Gasteiger partial charge in [-0.15, -0.1) is 5.10 Å². The number of aromatic nitrogens is 2. The van der Waals surface area contributed by atoms with Crippen LogP contribution in [0.3, 0.4) is 0 Å². The third-order valence-electron chi connectivity index (χ3n) is 4.66. The number of aryl methyl sites for hydroxylation is 1. The molecule has 150 valence electrons. The number of benzene rings is 2. The SMILES string of the molecule is [C-]#[N+]c1ccc2c(CCCN(C)C)nnc(NCc3ccc(OC)c(Cl)c3)c2c1. The normalized spacial score (nSPS) is 10.9. The van der Waals surface area contributed by atoms with E-state index >= 15 is 0 Å². The van der Waals surface area contributed by atoms with Gasteiger partial charge in [0.2, 0.25) is 0 Å². The second-order valence-corrected chi connectivity index (χ2v) is 7.47. The largest absolute Gasteiger partial charge is 0.495 e. The molecule has 1 N–H and O–H groups in total. The summed E-state index contributed by atoms with van der Waals surface area (Å²) >= 11 is 6.22. The van der Waals surface area contributed by atoms with Gasteiger partial charge in [-0.1, -0.05) is 29.8 Å². The summed E-state index contributed by atoms with van der Waals surface area (Å²) < 4.78 is 5.20. The molecule has 6 nitrogen and oxygen atoms in total. The van der Waals surface area contributed by atoms with Crippen LogP contribution in [0, 0.1) is 6.57 Å². The third-order valence-corrected chi connectivity index (χ3v) is 4.96. The summed E-state index contributed by atoms with van der Waals surface area (Å²) in [4.78, 5) is 5.72. The van der Waals surface area contributed by atoms with Crippen LogP contribution >= 0.6 is 11.6 Å². The molecule has 7 heteroatoms. The molecule has 0 fully saturated rings. The minimum atomic E-state index is 0.537. The smallest absolute Gasteiger partial charge is 0.188 e. The monoisotopic (exact) mass is 409 g/mol. The minimum Gasteiger partial charge on any atom is -0.495 e. The molecular formula is C22H24ClN5O. The van der Waals surface area contributed by atoms with Crippen molar-refractivity contribution in [3.63, 3.8) is 0 Å². The Morgan fingerprint density at radius 1 is 1.14 bits per heavy atom. The minimum absolute atomic E-state index is 0.537. The van der Waals surface area contributed by atoms with Crippen molar-refractivity contribution < 1.29 is 4.74 Å². The van der Waals surface area contributed by atoms with Crippen LogP contribution in [0.2, 0.25) is 5.02 Å². The van der Waals surface area contributed by atoms with Crippen LogP contribution < -0.4 is 10.1 Å². The number of nitrogens with zero attached hydrogens (tertiary/aromatic N) is 4. The summed E-state index contributed by atoms with van der Waals surface area (Å²) in [5.41, 5.74) is 2.54. The zero-order valence-corrected chi connectivity index (χ0v) is 17.6. The average Bonchev–Trinajstić information content (AvgIpc) is 2.72. The van der Waals surface area contributed by atoms with Crippen LogP contribution in [0.5, 0.6) is 5.75 Å². The number of hydrogen-bond acceptors (Lipinski definition) is 5. The summed E-state index contributed by atoms with van der Waals surface area (Å²) in [6.45, 7) is 8.86. The van der Waals surface area contributed by atoms with E-state index in [4.69, 9.17) is 22.9 Å². The van der Waals surface area contributed by atoms with Gasteiger partial charge in [0, 0.05) is 17.3 Å². The summed E-state index contributed by atoms with van der Waals surface area (Å²) in [5, 5.41) is 14.7. The Morgan fingerprint density at radius 3 is 2.66 bits per heavy atom. The molecule has 1 aromatic heterocycles. The van der Waals surface area contributed by atoms with Crippen molar-refractivity contribution in [2.45, 2.75) is 19.4 Å². The number of ether oxygens (including phenoxy) is 1. The van der Waals surface area contributed by atoms with Gasteiger partial charge in [0.25, 0.3) is 0 Å². The highest BCUT2D eigenvalue weighted by Gasteiger charge is 2.11. The van der Waals surface area contributed by atoms with Crippen molar-refractivity contribution in [2.24, 2.45) is 0 Å². The molecule has 3 aromatic rings. The van der Waals surface area contributed by atoms with Crippen molar-refractivity contribution in [1.82, 2.24) is 15.1 Å². The molecule has 3 rings (SSSR count). The first-order valence-corrected chi connectivity index (χ1v) is 9.77. The van der Waals surface area contributed by atoms with Gasteiger partial charge < -0.3 is 15.0 Å². The Morgan fingerprint density at radius 2 is 1.97 bits per heavy atom. The number of halogens is 1. The van der Waals surface area contributed by atoms with E-state index in [-0.39, 0.29) is 0 Å². The highest BCUT2D eigenvalue weighted by molar-refractivity contribution is 6.32. The van der Waals surface area contributed by atoms with Gasteiger partial charge in [0.05, 0.1) is 24.4 Å². The fourth-order valence-corrected chi connectivity index (χ4v) is 3.43. The van der Waals surface area contributed by atoms with Crippen molar-refractivity contribution in [2.75, 3.05) is 33.1 Å². The summed E-state index contributed by atoms with van der Waals surface area (Å²) in [6, 6.07) is 11.3.